The molecule has 4 heterocycles. The summed E-state index contributed by atoms with van der Waals surface area (Å²) in [7, 11) is 1.88. The molecule has 0 radical (unpaired) electrons. The highest BCUT2D eigenvalue weighted by molar-refractivity contribution is 5.94. The van der Waals surface area contributed by atoms with Gasteiger partial charge in [0.15, 0.2) is 0 Å². The van der Waals surface area contributed by atoms with Crippen molar-refractivity contribution in [1.29, 1.82) is 0 Å². The molecule has 2 aliphatic carbocycles. The number of hydrogen-bond donors (Lipinski definition) is 2. The van der Waals surface area contributed by atoms with E-state index in [1.807, 2.05) is 86.6 Å². The van der Waals surface area contributed by atoms with Crippen LogP contribution in [0.2, 0.25) is 0 Å². The predicted octanol–water partition coefficient (Wildman–Crippen LogP) is 10.4. The molecule has 346 valence electrons. The summed E-state index contributed by atoms with van der Waals surface area (Å²) in [6.07, 6.45) is 3.61. The largest absolute Gasteiger partial charge is 0.493 e. The Morgan fingerprint density at radius 2 is 1.74 bits per heavy atom. The van der Waals surface area contributed by atoms with Gasteiger partial charge in [-0.2, -0.15) is 13.2 Å². The number of nitrogens with zero attached hydrogens (tertiary/aromatic N) is 4. The molecule has 10 nitrogen and oxygen atoms in total. The molecule has 14 heteroatoms. The Kier molecular flexibility index (Phi) is 12.9. The summed E-state index contributed by atoms with van der Waals surface area (Å²) in [4.78, 5) is 14.7. The van der Waals surface area contributed by atoms with Gasteiger partial charge in [0.25, 0.3) is 5.56 Å². The van der Waals surface area contributed by atoms with Crippen LogP contribution in [0.5, 0.6) is 11.5 Å². The van der Waals surface area contributed by atoms with Crippen LogP contribution in [-0.2, 0) is 13.1 Å². The molecule has 3 aliphatic rings. The lowest BCUT2D eigenvalue weighted by Gasteiger charge is -2.51. The fraction of sp³-hybridized carbons (Fsp3) is 0.423. The van der Waals surface area contributed by atoms with Crippen molar-refractivity contribution in [2.45, 2.75) is 96.4 Å². The van der Waals surface area contributed by atoms with Gasteiger partial charge < -0.3 is 38.7 Å². The summed E-state index contributed by atoms with van der Waals surface area (Å²) in [6, 6.07) is 25.4. The van der Waals surface area contributed by atoms with Crippen LogP contribution in [0.15, 0.2) is 100 Å². The third-order valence-electron chi connectivity index (χ3n) is 13.6. The lowest BCUT2D eigenvalue weighted by atomic mass is 9.55. The topological polar surface area (TPSA) is 98.7 Å². The molecular formula is C52H56F4N6O4. The molecule has 2 N–H and O–H groups in total. The van der Waals surface area contributed by atoms with Crippen LogP contribution in [0.1, 0.15) is 67.7 Å². The lowest BCUT2D eigenvalue weighted by Crippen LogP contribution is -2.46. The first kappa shape index (κ1) is 45.0. The van der Waals surface area contributed by atoms with Crippen molar-refractivity contribution < 1.29 is 31.6 Å². The van der Waals surface area contributed by atoms with E-state index in [0.29, 0.717) is 54.0 Å². The van der Waals surface area contributed by atoms with E-state index in [-0.39, 0.29) is 23.9 Å². The van der Waals surface area contributed by atoms with E-state index in [1.54, 1.807) is 34.9 Å². The van der Waals surface area contributed by atoms with E-state index in [2.05, 4.69) is 27.6 Å². The minimum atomic E-state index is -4.45. The van der Waals surface area contributed by atoms with Gasteiger partial charge in [0.05, 0.1) is 48.7 Å². The standard InChI is InChI=1S/C52H56F4N6O4/c1-34-50(35(2)66-59-34)38-12-17-49(63)61(30-38)29-36-7-4-9-43(25-36)64-32-37-27-51(28-37)21-18-42(19-22-51)65-41-15-13-39(14-16-41)57-23-6-8-40-26-44-46(58-47-20-24-60(3)31-45(47)53)10-5-11-48(44)62(40)33-52(54,55)56/h4-5,7,9-17,25-26,30,37,42,45,47,57-58H,18-24,27-29,31-33H2,1-3H3/t37?,42?,45-,47+,51?/m0/s1. The van der Waals surface area contributed by atoms with Gasteiger partial charge in [0, 0.05) is 53.2 Å². The molecule has 0 bridgehead atoms. The van der Waals surface area contributed by atoms with Crippen LogP contribution < -0.4 is 25.7 Å². The van der Waals surface area contributed by atoms with Crippen molar-refractivity contribution in [2.24, 2.45) is 11.3 Å². The first-order valence-corrected chi connectivity index (χ1v) is 22.9. The van der Waals surface area contributed by atoms with E-state index in [0.717, 1.165) is 90.4 Å². The smallest absolute Gasteiger partial charge is 0.406 e. The summed E-state index contributed by atoms with van der Waals surface area (Å²) in [5.41, 5.74) is 5.92. The molecule has 2 saturated carbocycles. The van der Waals surface area contributed by atoms with E-state index in [4.69, 9.17) is 14.0 Å². The molecule has 3 aromatic heterocycles. The zero-order chi connectivity index (χ0) is 46.0. The second-order valence-corrected chi connectivity index (χ2v) is 18.6. The molecular weight excluding hydrogens is 849 g/mol. The first-order chi connectivity index (χ1) is 31.8. The van der Waals surface area contributed by atoms with Crippen LogP contribution in [0.4, 0.5) is 28.9 Å². The van der Waals surface area contributed by atoms with Crippen LogP contribution >= 0.6 is 0 Å². The zero-order valence-electron chi connectivity index (χ0n) is 37.6. The SMILES string of the molecule is Cc1noc(C)c1-c1ccc(=O)n(Cc2cccc(OCC3CC4(CCC(Oc5ccc(NCC#Cc6cc7c(N[C@@H]8CCN(C)C[C@@H]8F)cccc7n6CC(F)(F)F)cc5)CC4)C3)c2)c1. The number of pyridine rings is 1. The van der Waals surface area contributed by atoms with Crippen molar-refractivity contribution in [3.8, 4) is 34.5 Å². The van der Waals surface area contributed by atoms with Crippen LogP contribution in [0.3, 0.4) is 0 Å². The third-order valence-corrected chi connectivity index (χ3v) is 13.6. The maximum atomic E-state index is 14.9. The van der Waals surface area contributed by atoms with Gasteiger partial charge in [0.2, 0.25) is 0 Å². The number of ether oxygens (including phenoxy) is 2. The monoisotopic (exact) mass is 904 g/mol. The Morgan fingerprint density at radius 1 is 0.955 bits per heavy atom. The quantitative estimate of drug-likeness (QED) is 0.0874. The summed E-state index contributed by atoms with van der Waals surface area (Å²) >= 11 is 0. The first-order valence-electron chi connectivity index (χ1n) is 22.9. The molecule has 9 rings (SSSR count). The van der Waals surface area contributed by atoms with E-state index in [1.165, 1.54) is 4.57 Å². The fourth-order valence-electron chi connectivity index (χ4n) is 10.3. The minimum absolute atomic E-state index is 0.0781. The number of nitrogens with one attached hydrogen (secondary N) is 2. The second kappa shape index (κ2) is 19.0. The maximum Gasteiger partial charge on any atom is 0.406 e. The lowest BCUT2D eigenvalue weighted by molar-refractivity contribution is -0.140. The summed E-state index contributed by atoms with van der Waals surface area (Å²) in [6.45, 7) is 4.95. The van der Waals surface area contributed by atoms with E-state index >= 15 is 0 Å². The summed E-state index contributed by atoms with van der Waals surface area (Å²) < 4.78 is 77.0. The van der Waals surface area contributed by atoms with Gasteiger partial charge in [-0.25, -0.2) is 4.39 Å². The normalized spacial score (nSPS) is 22.1. The number of alkyl halides is 4. The van der Waals surface area contributed by atoms with Crippen LogP contribution in [0, 0.1) is 37.0 Å². The number of benzene rings is 3. The second-order valence-electron chi connectivity index (χ2n) is 18.6. The number of halogens is 4. The van der Waals surface area contributed by atoms with E-state index in [9.17, 15) is 22.4 Å². The average Bonchev–Trinajstić information content (AvgIpc) is 3.80. The Bertz CT molecular complexity index is 2750. The molecule has 3 aromatic carbocycles. The molecule has 66 heavy (non-hydrogen) atoms. The molecule has 0 unspecified atom stereocenters. The van der Waals surface area contributed by atoms with Crippen molar-refractivity contribution in [3.05, 3.63) is 124 Å². The average molecular weight is 905 g/mol. The molecule has 3 fully saturated rings. The van der Waals surface area contributed by atoms with Crippen molar-refractivity contribution in [3.63, 3.8) is 0 Å². The Hall–Kier alpha value is -6.20. The molecule has 0 amide bonds. The highest BCUT2D eigenvalue weighted by atomic mass is 19.4. The van der Waals surface area contributed by atoms with Gasteiger partial charge in [-0.15, -0.1) is 0 Å². The highest BCUT2D eigenvalue weighted by Gasteiger charge is 2.46. The van der Waals surface area contributed by atoms with Gasteiger partial charge in [-0.3, -0.25) is 4.79 Å². The van der Waals surface area contributed by atoms with Gasteiger partial charge in [0.1, 0.15) is 30.0 Å². The number of rotatable bonds is 13. The Balaban J connectivity index is 0.726. The molecule has 1 aliphatic heterocycles. The number of likely N-dealkylation sites (tertiary alicyclic amines) is 1. The number of fused-ring (bicyclic) bond motifs is 1. The summed E-state index contributed by atoms with van der Waals surface area (Å²) in [5, 5.41) is 11.2. The van der Waals surface area contributed by atoms with Crippen LogP contribution in [-0.4, -0.2) is 77.0 Å². The summed E-state index contributed by atoms with van der Waals surface area (Å²) in [5.74, 6) is 8.79. The number of aromatic nitrogens is 3. The number of hydrogen-bond acceptors (Lipinski definition) is 8. The van der Waals surface area contributed by atoms with Gasteiger partial charge in [-0.05, 0) is 149 Å². The molecule has 2 atom stereocenters. The molecule has 1 spiro atoms. The zero-order valence-corrected chi connectivity index (χ0v) is 37.6. The van der Waals surface area contributed by atoms with Crippen molar-refractivity contribution in [2.75, 3.05) is 43.9 Å². The Morgan fingerprint density at radius 3 is 2.48 bits per heavy atom. The number of piperidine rings is 1. The predicted molar refractivity (Wildman–Crippen MR) is 249 cm³/mol. The van der Waals surface area contributed by atoms with E-state index < -0.39 is 24.9 Å². The molecule has 1 saturated heterocycles. The minimum Gasteiger partial charge on any atom is -0.493 e. The number of aryl methyl sites for hydroxylation is 2. The van der Waals surface area contributed by atoms with Crippen LogP contribution in [0.25, 0.3) is 22.0 Å². The maximum absolute atomic E-state index is 14.9. The van der Waals surface area contributed by atoms with Crippen molar-refractivity contribution >= 4 is 22.3 Å². The molecule has 6 aromatic rings. The van der Waals surface area contributed by atoms with Crippen molar-refractivity contribution in [1.82, 2.24) is 19.2 Å². The number of anilines is 2. The van der Waals surface area contributed by atoms with Gasteiger partial charge in [-0.1, -0.05) is 29.3 Å². The van der Waals surface area contributed by atoms with Gasteiger partial charge >= 0.3 is 6.18 Å². The highest BCUT2D eigenvalue weighted by Crippen LogP contribution is 2.55. The third kappa shape index (κ3) is 10.4. The Labute approximate surface area is 382 Å². The fourth-order valence-corrected chi connectivity index (χ4v) is 10.3.